The molecule has 0 unspecified atom stereocenters. The van der Waals surface area contributed by atoms with E-state index < -0.39 is 9.84 Å². The first-order chi connectivity index (χ1) is 9.36. The Kier molecular flexibility index (Phi) is 3.82. The molecule has 0 radical (unpaired) electrons. The van der Waals surface area contributed by atoms with E-state index in [1.54, 1.807) is 16.8 Å². The van der Waals surface area contributed by atoms with Crippen LogP contribution in [0.3, 0.4) is 0 Å². The summed E-state index contributed by atoms with van der Waals surface area (Å²) in [5, 5.41) is 4.35. The number of nitrogens with zero attached hydrogens (tertiary/aromatic N) is 2. The van der Waals surface area contributed by atoms with Gasteiger partial charge in [0.2, 0.25) is 0 Å². The van der Waals surface area contributed by atoms with Crippen molar-refractivity contribution in [2.24, 2.45) is 12.8 Å². The largest absolute Gasteiger partial charge is 0.495 e. The summed E-state index contributed by atoms with van der Waals surface area (Å²) in [7, 11) is -0.0795. The van der Waals surface area contributed by atoms with Crippen LogP contribution in [0.5, 0.6) is 5.75 Å². The van der Waals surface area contributed by atoms with Crippen molar-refractivity contribution < 1.29 is 13.2 Å². The number of ether oxygens (including phenoxy) is 1. The first-order valence-corrected chi connectivity index (χ1v) is 7.87. The highest BCUT2D eigenvalue weighted by Gasteiger charge is 2.17. The molecule has 2 aromatic rings. The van der Waals surface area contributed by atoms with E-state index in [1.165, 1.54) is 13.2 Å². The van der Waals surface area contributed by atoms with Crippen LogP contribution in [-0.2, 0) is 23.4 Å². The van der Waals surface area contributed by atoms with Gasteiger partial charge < -0.3 is 10.5 Å². The fourth-order valence-corrected chi connectivity index (χ4v) is 2.87. The number of aromatic nitrogens is 2. The maximum Gasteiger partial charge on any atom is 0.179 e. The standard InChI is InChI=1S/C13H17N3O3S/c1-16-8-10(7-14)13(15-16)9-4-5-12(20(3,17)18)11(6-9)19-2/h4-6,8H,7,14H2,1-3H3. The first-order valence-electron chi connectivity index (χ1n) is 5.98. The smallest absolute Gasteiger partial charge is 0.179 e. The lowest BCUT2D eigenvalue weighted by atomic mass is 10.1. The van der Waals surface area contributed by atoms with Crippen LogP contribution in [0.2, 0.25) is 0 Å². The van der Waals surface area contributed by atoms with E-state index in [9.17, 15) is 8.42 Å². The van der Waals surface area contributed by atoms with Crippen molar-refractivity contribution in [2.45, 2.75) is 11.4 Å². The Balaban J connectivity index is 2.60. The van der Waals surface area contributed by atoms with Crippen molar-refractivity contribution in [1.82, 2.24) is 9.78 Å². The molecule has 7 heteroatoms. The van der Waals surface area contributed by atoms with Gasteiger partial charge in [0, 0.05) is 37.2 Å². The lowest BCUT2D eigenvalue weighted by Crippen LogP contribution is -2.01. The van der Waals surface area contributed by atoms with Gasteiger partial charge in [-0.3, -0.25) is 4.68 Å². The number of hydrogen-bond acceptors (Lipinski definition) is 5. The fraction of sp³-hybridized carbons (Fsp3) is 0.308. The third kappa shape index (κ3) is 2.68. The summed E-state index contributed by atoms with van der Waals surface area (Å²) in [6.07, 6.45) is 2.99. The summed E-state index contributed by atoms with van der Waals surface area (Å²) >= 11 is 0. The molecule has 0 fully saturated rings. The Labute approximate surface area is 118 Å². The van der Waals surface area contributed by atoms with E-state index in [0.29, 0.717) is 12.3 Å². The molecule has 6 nitrogen and oxygen atoms in total. The number of hydrogen-bond donors (Lipinski definition) is 1. The lowest BCUT2D eigenvalue weighted by Gasteiger charge is -2.09. The molecule has 0 aliphatic heterocycles. The van der Waals surface area contributed by atoms with Crippen LogP contribution in [0.25, 0.3) is 11.3 Å². The SMILES string of the molecule is COc1cc(-c2nn(C)cc2CN)ccc1S(C)(=O)=O. The zero-order valence-electron chi connectivity index (χ0n) is 11.6. The molecule has 0 saturated heterocycles. The Morgan fingerprint density at radius 3 is 2.65 bits per heavy atom. The van der Waals surface area contributed by atoms with Crippen LogP contribution in [0.4, 0.5) is 0 Å². The van der Waals surface area contributed by atoms with Gasteiger partial charge in [0.25, 0.3) is 0 Å². The van der Waals surface area contributed by atoms with Crippen LogP contribution in [0, 0.1) is 0 Å². The second-order valence-electron chi connectivity index (χ2n) is 4.52. The van der Waals surface area contributed by atoms with Gasteiger partial charge in [-0.05, 0) is 12.1 Å². The summed E-state index contributed by atoms with van der Waals surface area (Å²) in [6.45, 7) is 0.360. The van der Waals surface area contributed by atoms with Gasteiger partial charge in [0.15, 0.2) is 9.84 Å². The normalized spacial score (nSPS) is 11.6. The van der Waals surface area contributed by atoms with Gasteiger partial charge in [-0.1, -0.05) is 6.07 Å². The quantitative estimate of drug-likeness (QED) is 0.907. The maximum atomic E-state index is 11.7. The predicted octanol–water partition coefficient (Wildman–Crippen LogP) is 0.958. The summed E-state index contributed by atoms with van der Waals surface area (Å²) in [5.41, 5.74) is 8.08. The molecule has 0 aliphatic carbocycles. The minimum absolute atomic E-state index is 0.161. The molecule has 1 aromatic heterocycles. The molecule has 0 amide bonds. The summed E-state index contributed by atoms with van der Waals surface area (Å²) in [5.74, 6) is 0.304. The average molecular weight is 295 g/mol. The van der Waals surface area contributed by atoms with Gasteiger partial charge in [0.05, 0.1) is 12.8 Å². The Hall–Kier alpha value is -1.86. The van der Waals surface area contributed by atoms with Gasteiger partial charge >= 0.3 is 0 Å². The third-order valence-electron chi connectivity index (χ3n) is 2.96. The van der Waals surface area contributed by atoms with E-state index >= 15 is 0 Å². The predicted molar refractivity (Wildman–Crippen MR) is 76.2 cm³/mol. The number of rotatable bonds is 4. The Bertz CT molecular complexity index is 735. The molecule has 0 spiro atoms. The summed E-state index contributed by atoms with van der Waals surface area (Å²) in [6, 6.07) is 4.90. The second kappa shape index (κ2) is 5.26. The second-order valence-corrected chi connectivity index (χ2v) is 6.50. The van der Waals surface area contributed by atoms with Gasteiger partial charge in [-0.25, -0.2) is 8.42 Å². The molecule has 2 N–H and O–H groups in total. The lowest BCUT2D eigenvalue weighted by molar-refractivity contribution is 0.403. The number of aryl methyl sites for hydroxylation is 1. The molecule has 0 aliphatic rings. The van der Waals surface area contributed by atoms with Gasteiger partial charge in [0.1, 0.15) is 10.6 Å². The molecule has 108 valence electrons. The van der Waals surface area contributed by atoms with Crippen molar-refractivity contribution in [1.29, 1.82) is 0 Å². The van der Waals surface area contributed by atoms with Crippen molar-refractivity contribution in [3.05, 3.63) is 30.0 Å². The van der Waals surface area contributed by atoms with E-state index in [-0.39, 0.29) is 4.90 Å². The zero-order chi connectivity index (χ0) is 14.9. The third-order valence-corrected chi connectivity index (χ3v) is 4.10. The van der Waals surface area contributed by atoms with Gasteiger partial charge in [-0.2, -0.15) is 5.10 Å². The number of benzene rings is 1. The number of methoxy groups -OCH3 is 1. The van der Waals surface area contributed by atoms with Crippen molar-refractivity contribution >= 4 is 9.84 Å². The van der Waals surface area contributed by atoms with Gasteiger partial charge in [-0.15, -0.1) is 0 Å². The minimum Gasteiger partial charge on any atom is -0.495 e. The topological polar surface area (TPSA) is 87.2 Å². The fourth-order valence-electron chi connectivity index (χ4n) is 2.05. The minimum atomic E-state index is -3.33. The van der Waals surface area contributed by atoms with Crippen molar-refractivity contribution in [3.63, 3.8) is 0 Å². The molecular weight excluding hydrogens is 278 g/mol. The molecule has 0 atom stereocenters. The molecule has 2 rings (SSSR count). The number of nitrogens with two attached hydrogens (primary N) is 1. The van der Waals surface area contributed by atoms with Crippen LogP contribution >= 0.6 is 0 Å². The average Bonchev–Trinajstić information content (AvgIpc) is 2.78. The monoisotopic (exact) mass is 295 g/mol. The maximum absolute atomic E-state index is 11.7. The molecule has 0 saturated carbocycles. The molecule has 1 aromatic carbocycles. The van der Waals surface area contributed by atoms with Crippen LogP contribution in [-0.4, -0.2) is 31.6 Å². The highest BCUT2D eigenvalue weighted by atomic mass is 32.2. The zero-order valence-corrected chi connectivity index (χ0v) is 12.4. The van der Waals surface area contributed by atoms with Crippen LogP contribution in [0.1, 0.15) is 5.56 Å². The molecule has 20 heavy (non-hydrogen) atoms. The van der Waals surface area contributed by atoms with Crippen LogP contribution < -0.4 is 10.5 Å². The van der Waals surface area contributed by atoms with E-state index in [0.717, 1.165) is 23.1 Å². The number of sulfone groups is 1. The summed E-state index contributed by atoms with van der Waals surface area (Å²) in [4.78, 5) is 0.161. The Morgan fingerprint density at radius 1 is 1.40 bits per heavy atom. The molecule has 1 heterocycles. The molecule has 0 bridgehead atoms. The van der Waals surface area contributed by atoms with Crippen LogP contribution in [0.15, 0.2) is 29.3 Å². The Morgan fingerprint density at radius 2 is 2.10 bits per heavy atom. The molecular formula is C13H17N3O3S. The highest BCUT2D eigenvalue weighted by molar-refractivity contribution is 7.90. The van der Waals surface area contributed by atoms with E-state index in [4.69, 9.17) is 10.5 Å². The van der Waals surface area contributed by atoms with E-state index in [1.807, 2.05) is 13.2 Å². The van der Waals surface area contributed by atoms with Crippen molar-refractivity contribution in [2.75, 3.05) is 13.4 Å². The van der Waals surface area contributed by atoms with Crippen molar-refractivity contribution in [3.8, 4) is 17.0 Å². The highest BCUT2D eigenvalue weighted by Crippen LogP contribution is 2.30. The summed E-state index contributed by atoms with van der Waals surface area (Å²) < 4.78 is 30.2. The first kappa shape index (κ1) is 14.5. The van der Waals surface area contributed by atoms with E-state index in [2.05, 4.69) is 5.10 Å².